The van der Waals surface area contributed by atoms with Gasteiger partial charge in [-0.15, -0.1) is 6.58 Å². The third kappa shape index (κ3) is 3.23. The summed E-state index contributed by atoms with van der Waals surface area (Å²) >= 11 is 0. The second-order valence-electron chi connectivity index (χ2n) is 3.34. The molecule has 1 atom stereocenters. The summed E-state index contributed by atoms with van der Waals surface area (Å²) in [5.41, 5.74) is 2.06. The summed E-state index contributed by atoms with van der Waals surface area (Å²) in [7, 11) is 0. The van der Waals surface area contributed by atoms with E-state index in [0.29, 0.717) is 6.61 Å². The molecule has 0 aliphatic carbocycles. The third-order valence-electron chi connectivity index (χ3n) is 1.83. The summed E-state index contributed by atoms with van der Waals surface area (Å²) in [5, 5.41) is 0. The molecule has 0 spiro atoms. The molecule has 1 aromatic heterocycles. The van der Waals surface area contributed by atoms with E-state index in [-0.39, 0.29) is 6.10 Å². The molecule has 0 saturated heterocycles. The van der Waals surface area contributed by atoms with Crippen LogP contribution >= 0.6 is 0 Å². The predicted octanol–water partition coefficient (Wildman–Crippen LogP) is 3.49. The first-order chi connectivity index (χ1) is 6.74. The maximum Gasteiger partial charge on any atom is 0.0960 e. The zero-order chi connectivity index (χ0) is 10.4. The average Bonchev–Trinajstić information content (AvgIpc) is 2.64. The van der Waals surface area contributed by atoms with Gasteiger partial charge in [0.1, 0.15) is 0 Å². The summed E-state index contributed by atoms with van der Waals surface area (Å²) in [6.07, 6.45) is 6.01. The maximum absolute atomic E-state index is 5.66. The van der Waals surface area contributed by atoms with Gasteiger partial charge in [0.05, 0.1) is 25.2 Å². The van der Waals surface area contributed by atoms with Crippen molar-refractivity contribution < 1.29 is 9.15 Å². The van der Waals surface area contributed by atoms with Crippen LogP contribution in [0, 0.1) is 0 Å². The van der Waals surface area contributed by atoms with Crippen LogP contribution in [0.15, 0.2) is 47.8 Å². The van der Waals surface area contributed by atoms with E-state index >= 15 is 0 Å². The molecule has 0 aliphatic rings. The molecule has 76 valence electrons. The van der Waals surface area contributed by atoms with E-state index in [1.807, 2.05) is 19.1 Å². The number of hydrogen-bond donors (Lipinski definition) is 0. The van der Waals surface area contributed by atoms with Crippen molar-refractivity contribution in [3.05, 3.63) is 49.0 Å². The lowest BCUT2D eigenvalue weighted by Gasteiger charge is -2.14. The topological polar surface area (TPSA) is 22.4 Å². The lowest BCUT2D eigenvalue weighted by Crippen LogP contribution is -2.04. The Hall–Kier alpha value is -1.28. The Balaban J connectivity index is 2.55. The van der Waals surface area contributed by atoms with Gasteiger partial charge in [0.2, 0.25) is 0 Å². The zero-order valence-corrected chi connectivity index (χ0v) is 8.53. The lowest BCUT2D eigenvalue weighted by atomic mass is 10.1. The molecule has 0 aliphatic heterocycles. The standard InChI is InChI=1S/C12H16O2/c1-4-5-12(14-8-10(2)3)11-6-7-13-9-11/h4,6-7,9,12H,1-2,5,8H2,3H3. The molecule has 0 saturated carbocycles. The van der Waals surface area contributed by atoms with Gasteiger partial charge in [-0.05, 0) is 19.4 Å². The van der Waals surface area contributed by atoms with Gasteiger partial charge in [-0.2, -0.15) is 0 Å². The normalized spacial score (nSPS) is 12.4. The van der Waals surface area contributed by atoms with Crippen molar-refractivity contribution in [2.45, 2.75) is 19.4 Å². The molecule has 0 amide bonds. The first kappa shape index (κ1) is 10.8. The molecule has 1 aromatic rings. The van der Waals surface area contributed by atoms with Crippen molar-refractivity contribution in [3.63, 3.8) is 0 Å². The molecule has 0 radical (unpaired) electrons. The van der Waals surface area contributed by atoms with Crippen molar-refractivity contribution >= 4 is 0 Å². The van der Waals surface area contributed by atoms with Crippen LogP contribution in [0.25, 0.3) is 0 Å². The molecule has 1 heterocycles. The first-order valence-electron chi connectivity index (χ1n) is 4.63. The highest BCUT2D eigenvalue weighted by atomic mass is 16.5. The van der Waals surface area contributed by atoms with Crippen LogP contribution in [0.1, 0.15) is 25.0 Å². The van der Waals surface area contributed by atoms with E-state index in [4.69, 9.17) is 9.15 Å². The predicted molar refractivity (Wildman–Crippen MR) is 57.0 cm³/mol. The quantitative estimate of drug-likeness (QED) is 0.644. The minimum Gasteiger partial charge on any atom is -0.472 e. The Bertz CT molecular complexity index is 285. The van der Waals surface area contributed by atoms with E-state index < -0.39 is 0 Å². The van der Waals surface area contributed by atoms with Crippen LogP contribution in [-0.2, 0) is 4.74 Å². The minimum atomic E-state index is 0.0305. The van der Waals surface area contributed by atoms with Gasteiger partial charge in [-0.3, -0.25) is 0 Å². The van der Waals surface area contributed by atoms with E-state index in [2.05, 4.69) is 13.2 Å². The lowest BCUT2D eigenvalue weighted by molar-refractivity contribution is 0.0715. The van der Waals surface area contributed by atoms with Gasteiger partial charge in [-0.1, -0.05) is 18.2 Å². The molecule has 14 heavy (non-hydrogen) atoms. The van der Waals surface area contributed by atoms with Gasteiger partial charge < -0.3 is 9.15 Å². The smallest absolute Gasteiger partial charge is 0.0960 e. The Morgan fingerprint density at radius 2 is 2.50 bits per heavy atom. The summed E-state index contributed by atoms with van der Waals surface area (Å²) in [6, 6.07) is 1.91. The Morgan fingerprint density at radius 1 is 1.71 bits per heavy atom. The molecule has 0 N–H and O–H groups in total. The molecule has 1 unspecified atom stereocenters. The van der Waals surface area contributed by atoms with Crippen molar-refractivity contribution in [2.24, 2.45) is 0 Å². The van der Waals surface area contributed by atoms with Crippen LogP contribution in [0.2, 0.25) is 0 Å². The number of furan rings is 1. The molecular weight excluding hydrogens is 176 g/mol. The van der Waals surface area contributed by atoms with Gasteiger partial charge in [0.15, 0.2) is 0 Å². The Kier molecular flexibility index (Phi) is 4.20. The van der Waals surface area contributed by atoms with E-state index in [1.165, 1.54) is 0 Å². The van der Waals surface area contributed by atoms with Gasteiger partial charge in [0, 0.05) is 5.56 Å². The highest BCUT2D eigenvalue weighted by molar-refractivity contribution is 5.11. The highest BCUT2D eigenvalue weighted by Gasteiger charge is 2.11. The largest absolute Gasteiger partial charge is 0.472 e. The molecular formula is C12H16O2. The zero-order valence-electron chi connectivity index (χ0n) is 8.53. The fraction of sp³-hybridized carbons (Fsp3) is 0.333. The molecule has 2 heteroatoms. The van der Waals surface area contributed by atoms with Crippen molar-refractivity contribution in [2.75, 3.05) is 6.61 Å². The fourth-order valence-electron chi connectivity index (χ4n) is 1.15. The van der Waals surface area contributed by atoms with E-state index in [1.54, 1.807) is 12.5 Å². The monoisotopic (exact) mass is 192 g/mol. The number of hydrogen-bond acceptors (Lipinski definition) is 2. The van der Waals surface area contributed by atoms with E-state index in [0.717, 1.165) is 17.6 Å². The van der Waals surface area contributed by atoms with Crippen LogP contribution in [-0.4, -0.2) is 6.61 Å². The average molecular weight is 192 g/mol. The second kappa shape index (κ2) is 5.45. The fourth-order valence-corrected chi connectivity index (χ4v) is 1.15. The van der Waals surface area contributed by atoms with Crippen LogP contribution in [0.4, 0.5) is 0 Å². The van der Waals surface area contributed by atoms with Crippen LogP contribution in [0.3, 0.4) is 0 Å². The number of rotatable bonds is 6. The Labute approximate surface area is 84.9 Å². The molecule has 0 bridgehead atoms. The van der Waals surface area contributed by atoms with Gasteiger partial charge in [0.25, 0.3) is 0 Å². The number of ether oxygens (including phenoxy) is 1. The molecule has 0 aromatic carbocycles. The summed E-state index contributed by atoms with van der Waals surface area (Å²) in [5.74, 6) is 0. The van der Waals surface area contributed by atoms with Crippen LogP contribution < -0.4 is 0 Å². The summed E-state index contributed by atoms with van der Waals surface area (Å²) in [4.78, 5) is 0. The van der Waals surface area contributed by atoms with Gasteiger partial charge in [-0.25, -0.2) is 0 Å². The molecule has 2 nitrogen and oxygen atoms in total. The van der Waals surface area contributed by atoms with Crippen molar-refractivity contribution in [1.82, 2.24) is 0 Å². The summed E-state index contributed by atoms with van der Waals surface area (Å²) in [6.45, 7) is 10.0. The Morgan fingerprint density at radius 3 is 3.00 bits per heavy atom. The van der Waals surface area contributed by atoms with Gasteiger partial charge >= 0.3 is 0 Å². The maximum atomic E-state index is 5.66. The molecule has 1 rings (SSSR count). The second-order valence-corrected chi connectivity index (χ2v) is 3.34. The van der Waals surface area contributed by atoms with Crippen molar-refractivity contribution in [3.8, 4) is 0 Å². The third-order valence-corrected chi connectivity index (χ3v) is 1.83. The first-order valence-corrected chi connectivity index (χ1v) is 4.63. The van der Waals surface area contributed by atoms with E-state index in [9.17, 15) is 0 Å². The SMILES string of the molecule is C=CCC(OCC(=C)C)c1ccoc1. The molecule has 0 fully saturated rings. The van der Waals surface area contributed by atoms with Crippen molar-refractivity contribution in [1.29, 1.82) is 0 Å². The highest BCUT2D eigenvalue weighted by Crippen LogP contribution is 2.22. The van der Waals surface area contributed by atoms with Crippen LogP contribution in [0.5, 0.6) is 0 Å². The minimum absolute atomic E-state index is 0.0305. The summed E-state index contributed by atoms with van der Waals surface area (Å²) < 4.78 is 10.7.